The number of rotatable bonds is 4. The van der Waals surface area contributed by atoms with Crippen LogP contribution in [0.3, 0.4) is 0 Å². The van der Waals surface area contributed by atoms with E-state index in [1.165, 1.54) is 5.70 Å². The maximum absolute atomic E-state index is 12.4. The predicted molar refractivity (Wildman–Crippen MR) is 75.7 cm³/mol. The summed E-state index contributed by atoms with van der Waals surface area (Å²) in [5, 5.41) is 3.17. The molecule has 1 aromatic carbocycles. The van der Waals surface area contributed by atoms with Crippen molar-refractivity contribution in [3.63, 3.8) is 0 Å². The van der Waals surface area contributed by atoms with Crippen LogP contribution in [-0.4, -0.2) is 19.6 Å². The Bertz CT molecular complexity index is 467. The Morgan fingerprint density at radius 1 is 1.37 bits per heavy atom. The van der Waals surface area contributed by atoms with Crippen LogP contribution in [0.25, 0.3) is 0 Å². The molecule has 0 spiro atoms. The van der Waals surface area contributed by atoms with Crippen molar-refractivity contribution in [1.29, 1.82) is 0 Å². The zero-order chi connectivity index (χ0) is 13.7. The van der Waals surface area contributed by atoms with Crippen molar-refractivity contribution in [2.75, 3.05) is 13.7 Å². The van der Waals surface area contributed by atoms with Gasteiger partial charge in [-0.2, -0.15) is 0 Å². The third-order valence-corrected chi connectivity index (χ3v) is 3.83. The Morgan fingerprint density at radius 3 is 2.63 bits per heavy atom. The number of carbonyl (C=O) groups excluding carboxylic acids is 1. The summed E-state index contributed by atoms with van der Waals surface area (Å²) in [6.07, 6.45) is 4.49. The highest BCUT2D eigenvalue weighted by molar-refractivity contribution is 5.83. The Balaban J connectivity index is 2.35. The lowest BCUT2D eigenvalue weighted by molar-refractivity contribution is -0.150. The van der Waals surface area contributed by atoms with Crippen LogP contribution in [0.2, 0.25) is 0 Å². The molecule has 1 aromatic rings. The number of hydrogen-bond acceptors (Lipinski definition) is 3. The predicted octanol–water partition coefficient (Wildman–Crippen LogP) is 2.77. The van der Waals surface area contributed by atoms with Crippen LogP contribution in [0.5, 0.6) is 0 Å². The first-order chi connectivity index (χ1) is 9.23. The highest BCUT2D eigenvalue weighted by atomic mass is 16.5. The van der Waals surface area contributed by atoms with E-state index in [1.807, 2.05) is 44.3 Å². The molecule has 1 aliphatic carbocycles. The van der Waals surface area contributed by atoms with Crippen molar-refractivity contribution in [3.05, 3.63) is 47.7 Å². The summed E-state index contributed by atoms with van der Waals surface area (Å²) in [7, 11) is 1.92. The third kappa shape index (κ3) is 2.65. The third-order valence-electron chi connectivity index (χ3n) is 3.83. The minimum Gasteiger partial charge on any atom is -0.465 e. The largest absolute Gasteiger partial charge is 0.465 e. The number of nitrogens with one attached hydrogen (secondary N) is 1. The van der Waals surface area contributed by atoms with E-state index in [2.05, 4.69) is 11.4 Å². The Morgan fingerprint density at radius 2 is 2.11 bits per heavy atom. The molecular weight excluding hydrogens is 238 g/mol. The number of ether oxygens (including phenoxy) is 1. The lowest BCUT2D eigenvalue weighted by Crippen LogP contribution is -2.39. The van der Waals surface area contributed by atoms with Gasteiger partial charge in [-0.25, -0.2) is 0 Å². The van der Waals surface area contributed by atoms with E-state index >= 15 is 0 Å². The standard InChI is InChI=1S/C16H21NO2/c1-3-19-15(18)16(13-7-5-4-6-8-13)11-9-14(17-2)10-12-16/h4-9,17H,3,10-12H2,1-2H3. The van der Waals surface area contributed by atoms with Crippen LogP contribution in [0, 0.1) is 0 Å². The summed E-state index contributed by atoms with van der Waals surface area (Å²) in [6, 6.07) is 9.98. The maximum Gasteiger partial charge on any atom is 0.316 e. The van der Waals surface area contributed by atoms with Crippen molar-refractivity contribution < 1.29 is 9.53 Å². The molecule has 0 aromatic heterocycles. The van der Waals surface area contributed by atoms with E-state index in [4.69, 9.17) is 4.74 Å². The Labute approximate surface area is 114 Å². The summed E-state index contributed by atoms with van der Waals surface area (Å²) in [4.78, 5) is 12.4. The maximum atomic E-state index is 12.4. The molecule has 1 atom stereocenters. The van der Waals surface area contributed by atoms with E-state index < -0.39 is 5.41 Å². The molecule has 19 heavy (non-hydrogen) atoms. The second kappa shape index (κ2) is 5.91. The number of carbonyl (C=O) groups is 1. The second-order valence-electron chi connectivity index (χ2n) is 4.85. The van der Waals surface area contributed by atoms with Crippen molar-refractivity contribution in [2.24, 2.45) is 0 Å². The fourth-order valence-corrected chi connectivity index (χ4v) is 2.67. The molecule has 3 heteroatoms. The summed E-state index contributed by atoms with van der Waals surface area (Å²) >= 11 is 0. The van der Waals surface area contributed by atoms with Gasteiger partial charge >= 0.3 is 5.97 Å². The van der Waals surface area contributed by atoms with Crippen molar-refractivity contribution >= 4 is 5.97 Å². The molecule has 1 N–H and O–H groups in total. The van der Waals surface area contributed by atoms with Gasteiger partial charge in [-0.05, 0) is 31.7 Å². The molecular formula is C16H21NO2. The molecule has 0 saturated heterocycles. The smallest absolute Gasteiger partial charge is 0.316 e. The van der Waals surface area contributed by atoms with Crippen LogP contribution >= 0.6 is 0 Å². The number of esters is 1. The Kier molecular flexibility index (Phi) is 4.25. The highest BCUT2D eigenvalue weighted by Gasteiger charge is 2.42. The quantitative estimate of drug-likeness (QED) is 0.845. The molecule has 0 amide bonds. The van der Waals surface area contributed by atoms with Crippen LogP contribution in [-0.2, 0) is 14.9 Å². The fraction of sp³-hybridized carbons (Fsp3) is 0.438. The van der Waals surface area contributed by atoms with Crippen molar-refractivity contribution in [2.45, 2.75) is 31.6 Å². The average Bonchev–Trinajstić information content (AvgIpc) is 2.48. The van der Waals surface area contributed by atoms with Gasteiger partial charge in [0.25, 0.3) is 0 Å². The first-order valence-corrected chi connectivity index (χ1v) is 6.82. The van der Waals surface area contributed by atoms with Gasteiger partial charge in [0.05, 0.1) is 12.0 Å². The molecule has 0 bridgehead atoms. The number of allylic oxidation sites excluding steroid dienone is 2. The molecule has 102 valence electrons. The Hall–Kier alpha value is -1.77. The summed E-state index contributed by atoms with van der Waals surface area (Å²) in [6.45, 7) is 2.28. The van der Waals surface area contributed by atoms with Crippen LogP contribution in [0.15, 0.2) is 42.1 Å². The molecule has 0 aliphatic heterocycles. The van der Waals surface area contributed by atoms with Gasteiger partial charge in [0.1, 0.15) is 0 Å². The fourth-order valence-electron chi connectivity index (χ4n) is 2.67. The van der Waals surface area contributed by atoms with Gasteiger partial charge in [-0.1, -0.05) is 36.4 Å². The normalized spacial score (nSPS) is 22.5. The molecule has 1 unspecified atom stereocenters. The molecule has 0 saturated carbocycles. The van der Waals surface area contributed by atoms with Crippen LogP contribution < -0.4 is 5.32 Å². The van der Waals surface area contributed by atoms with Gasteiger partial charge in [-0.3, -0.25) is 4.79 Å². The molecule has 0 radical (unpaired) electrons. The lowest BCUT2D eigenvalue weighted by atomic mass is 9.71. The van der Waals surface area contributed by atoms with Gasteiger partial charge in [0.15, 0.2) is 0 Å². The van der Waals surface area contributed by atoms with Crippen molar-refractivity contribution in [1.82, 2.24) is 5.32 Å². The summed E-state index contributed by atoms with van der Waals surface area (Å²) < 4.78 is 5.32. The van der Waals surface area contributed by atoms with Gasteiger partial charge in [0.2, 0.25) is 0 Å². The van der Waals surface area contributed by atoms with E-state index in [1.54, 1.807) is 0 Å². The zero-order valence-electron chi connectivity index (χ0n) is 11.6. The van der Waals surface area contributed by atoms with Gasteiger partial charge < -0.3 is 10.1 Å². The lowest BCUT2D eigenvalue weighted by Gasteiger charge is -2.34. The van der Waals surface area contributed by atoms with Gasteiger partial charge in [-0.15, -0.1) is 0 Å². The topological polar surface area (TPSA) is 38.3 Å². The minimum absolute atomic E-state index is 0.104. The monoisotopic (exact) mass is 259 g/mol. The number of benzene rings is 1. The van der Waals surface area contributed by atoms with Gasteiger partial charge in [0, 0.05) is 12.7 Å². The molecule has 0 heterocycles. The zero-order valence-corrected chi connectivity index (χ0v) is 11.6. The average molecular weight is 259 g/mol. The van der Waals surface area contributed by atoms with Crippen LogP contribution in [0.1, 0.15) is 31.7 Å². The first-order valence-electron chi connectivity index (χ1n) is 6.82. The van der Waals surface area contributed by atoms with Crippen LogP contribution in [0.4, 0.5) is 0 Å². The van der Waals surface area contributed by atoms with Crippen molar-refractivity contribution in [3.8, 4) is 0 Å². The van der Waals surface area contributed by atoms with E-state index in [0.29, 0.717) is 13.0 Å². The SMILES string of the molecule is CCOC(=O)C1(c2ccccc2)CC=C(NC)CC1. The molecule has 2 rings (SSSR count). The van der Waals surface area contributed by atoms with E-state index in [0.717, 1.165) is 18.4 Å². The first kappa shape index (κ1) is 13.7. The molecule has 0 fully saturated rings. The second-order valence-corrected chi connectivity index (χ2v) is 4.85. The summed E-state index contributed by atoms with van der Waals surface area (Å²) in [5.74, 6) is -0.104. The number of hydrogen-bond donors (Lipinski definition) is 1. The highest BCUT2D eigenvalue weighted by Crippen LogP contribution is 2.39. The molecule has 1 aliphatic rings. The molecule has 3 nitrogen and oxygen atoms in total. The van der Waals surface area contributed by atoms with E-state index in [-0.39, 0.29) is 5.97 Å². The summed E-state index contributed by atoms with van der Waals surface area (Å²) in [5.41, 5.74) is 1.74. The minimum atomic E-state index is -0.516. The van der Waals surface area contributed by atoms with E-state index in [9.17, 15) is 4.79 Å².